The average molecular weight is 419 g/mol. The van der Waals surface area contributed by atoms with Gasteiger partial charge in [-0.15, -0.1) is 0 Å². The zero-order valence-corrected chi connectivity index (χ0v) is 18.1. The Balaban J connectivity index is 1.44. The summed E-state index contributed by atoms with van der Waals surface area (Å²) >= 11 is 2.00. The smallest absolute Gasteiger partial charge is 0.305 e. The van der Waals surface area contributed by atoms with Crippen molar-refractivity contribution in [3.8, 4) is 0 Å². The largest absolute Gasteiger partial charge is 0.469 e. The van der Waals surface area contributed by atoms with Gasteiger partial charge in [0.2, 0.25) is 0 Å². The van der Waals surface area contributed by atoms with E-state index in [1.807, 2.05) is 36.0 Å². The van der Waals surface area contributed by atoms with Gasteiger partial charge in [0.05, 0.1) is 19.3 Å². The van der Waals surface area contributed by atoms with Crippen molar-refractivity contribution in [1.29, 1.82) is 0 Å². The third kappa shape index (κ3) is 6.59. The summed E-state index contributed by atoms with van der Waals surface area (Å²) in [6.45, 7) is 0. The number of methoxy groups -OCH3 is 1. The van der Waals surface area contributed by atoms with Gasteiger partial charge in [-0.25, -0.2) is 0 Å². The van der Waals surface area contributed by atoms with Crippen LogP contribution in [-0.2, 0) is 16.0 Å². The molecule has 0 bridgehead atoms. The molecule has 0 radical (unpaired) electrons. The summed E-state index contributed by atoms with van der Waals surface area (Å²) in [7, 11) is 1.44. The third-order valence-corrected chi connectivity index (χ3v) is 8.09. The molecule has 1 saturated heterocycles. The fourth-order valence-corrected chi connectivity index (χ4v) is 6.60. The lowest BCUT2D eigenvalue weighted by Gasteiger charge is -2.33. The number of aliphatic hydroxyl groups excluding tert-OH is 2. The average Bonchev–Trinajstić information content (AvgIpc) is 3.05. The zero-order chi connectivity index (χ0) is 20.6. The van der Waals surface area contributed by atoms with E-state index >= 15 is 0 Å². The number of benzene rings is 1. The topological polar surface area (TPSA) is 66.8 Å². The molecule has 6 atom stereocenters. The van der Waals surface area contributed by atoms with E-state index in [1.165, 1.54) is 12.7 Å². The number of carbonyl (C=O) groups is 1. The van der Waals surface area contributed by atoms with Crippen molar-refractivity contribution < 1.29 is 19.7 Å². The third-order valence-electron chi connectivity index (χ3n) is 6.34. The molecule has 29 heavy (non-hydrogen) atoms. The lowest BCUT2D eigenvalue weighted by atomic mass is 9.88. The summed E-state index contributed by atoms with van der Waals surface area (Å²) in [5.74, 6) is 0.510. The highest BCUT2D eigenvalue weighted by molar-refractivity contribution is 8.00. The zero-order valence-electron chi connectivity index (χ0n) is 17.3. The van der Waals surface area contributed by atoms with Crippen molar-refractivity contribution >= 4 is 17.7 Å². The van der Waals surface area contributed by atoms with Gasteiger partial charge in [-0.3, -0.25) is 4.79 Å². The molecule has 0 amide bonds. The fourth-order valence-electron chi connectivity index (χ4n) is 4.70. The maximum Gasteiger partial charge on any atom is 0.305 e. The van der Waals surface area contributed by atoms with Crippen molar-refractivity contribution in [2.24, 2.45) is 11.8 Å². The molecule has 2 fully saturated rings. The van der Waals surface area contributed by atoms with E-state index in [2.05, 4.69) is 18.2 Å². The van der Waals surface area contributed by atoms with Crippen LogP contribution in [0.5, 0.6) is 0 Å². The maximum atomic E-state index is 11.3. The van der Waals surface area contributed by atoms with Gasteiger partial charge in [-0.2, -0.15) is 11.8 Å². The first-order valence-corrected chi connectivity index (χ1v) is 11.8. The lowest BCUT2D eigenvalue weighted by Crippen LogP contribution is -2.26. The Labute approximate surface area is 178 Å². The highest BCUT2D eigenvalue weighted by Gasteiger charge is 2.44. The second-order valence-corrected chi connectivity index (χ2v) is 9.91. The summed E-state index contributed by atoms with van der Waals surface area (Å²) in [5.41, 5.74) is 1.24. The molecule has 1 saturated carbocycles. The van der Waals surface area contributed by atoms with Gasteiger partial charge in [0, 0.05) is 22.8 Å². The number of hydrogen-bond donors (Lipinski definition) is 2. The highest BCUT2D eigenvalue weighted by atomic mass is 32.2. The molecule has 160 valence electrons. The predicted octanol–water partition coefficient (Wildman–Crippen LogP) is 4.14. The summed E-state index contributed by atoms with van der Waals surface area (Å²) in [6.07, 6.45) is 10.2. The van der Waals surface area contributed by atoms with Gasteiger partial charge in [-0.05, 0) is 56.4 Å². The number of esters is 1. The Morgan fingerprint density at radius 3 is 2.86 bits per heavy atom. The van der Waals surface area contributed by atoms with Crippen LogP contribution < -0.4 is 0 Å². The van der Waals surface area contributed by atoms with E-state index in [9.17, 15) is 15.0 Å². The Morgan fingerprint density at radius 1 is 1.31 bits per heavy atom. The Hall–Kier alpha value is -1.30. The van der Waals surface area contributed by atoms with Crippen LogP contribution in [0.25, 0.3) is 0 Å². The predicted molar refractivity (Wildman–Crippen MR) is 118 cm³/mol. The molecule has 1 aliphatic carbocycles. The molecule has 0 aromatic heterocycles. The molecule has 2 aliphatic rings. The number of rotatable bonds is 9. The minimum absolute atomic E-state index is 0.129. The summed E-state index contributed by atoms with van der Waals surface area (Å²) in [4.78, 5) is 11.3. The number of ether oxygens (including phenoxy) is 1. The van der Waals surface area contributed by atoms with E-state index in [0.717, 1.165) is 38.5 Å². The van der Waals surface area contributed by atoms with Gasteiger partial charge >= 0.3 is 5.97 Å². The first-order chi connectivity index (χ1) is 14.1. The molecular weight excluding hydrogens is 384 g/mol. The van der Waals surface area contributed by atoms with E-state index in [0.29, 0.717) is 29.3 Å². The van der Waals surface area contributed by atoms with Crippen molar-refractivity contribution in [3.63, 3.8) is 0 Å². The molecule has 4 nitrogen and oxygen atoms in total. The molecule has 3 rings (SSSR count). The molecule has 0 unspecified atom stereocenters. The van der Waals surface area contributed by atoms with Crippen LogP contribution in [0.4, 0.5) is 0 Å². The van der Waals surface area contributed by atoms with Crippen molar-refractivity contribution in [2.45, 2.75) is 74.1 Å². The van der Waals surface area contributed by atoms with Crippen LogP contribution >= 0.6 is 11.8 Å². The Bertz CT molecular complexity index is 662. The first kappa shape index (κ1) is 22.4. The van der Waals surface area contributed by atoms with Crippen LogP contribution in [0.2, 0.25) is 0 Å². The van der Waals surface area contributed by atoms with Crippen LogP contribution in [0.3, 0.4) is 0 Å². The molecule has 1 aromatic rings. The van der Waals surface area contributed by atoms with Crippen LogP contribution in [0, 0.1) is 11.8 Å². The van der Waals surface area contributed by atoms with Gasteiger partial charge < -0.3 is 14.9 Å². The van der Waals surface area contributed by atoms with Crippen molar-refractivity contribution in [3.05, 3.63) is 48.0 Å². The Kier molecular flexibility index (Phi) is 8.64. The quantitative estimate of drug-likeness (QED) is 0.466. The van der Waals surface area contributed by atoms with Crippen molar-refractivity contribution in [2.75, 3.05) is 7.11 Å². The number of carbonyl (C=O) groups excluding carboxylic acids is 1. The van der Waals surface area contributed by atoms with Crippen LogP contribution in [0.1, 0.15) is 50.5 Å². The standard InChI is InChI=1S/C24H34O4S/c1-28-24(27)9-5-8-19-13-15-21-20(22(26)16-23(21)29-19)14-12-18(25)11-10-17-6-3-2-4-7-17/h2-4,6-7,12,14,18-23,25-26H,5,8-11,13,15-16H2,1H3/b14-12+/t18-,19-,20+,21+,22+,23-/m0/s1. The second-order valence-electron chi connectivity index (χ2n) is 8.36. The maximum absolute atomic E-state index is 11.3. The molecule has 5 heteroatoms. The normalized spacial score (nSPS) is 30.2. The molecule has 2 N–H and O–H groups in total. The summed E-state index contributed by atoms with van der Waals surface area (Å²) in [6, 6.07) is 10.2. The number of hydrogen-bond acceptors (Lipinski definition) is 5. The van der Waals surface area contributed by atoms with E-state index in [1.54, 1.807) is 0 Å². The number of aliphatic hydroxyl groups is 2. The summed E-state index contributed by atoms with van der Waals surface area (Å²) < 4.78 is 4.72. The van der Waals surface area contributed by atoms with Gasteiger partial charge in [0.1, 0.15) is 0 Å². The minimum atomic E-state index is -0.469. The summed E-state index contributed by atoms with van der Waals surface area (Å²) in [5, 5.41) is 22.0. The van der Waals surface area contributed by atoms with E-state index in [4.69, 9.17) is 4.74 Å². The molecule has 1 heterocycles. The number of aryl methyl sites for hydroxylation is 1. The first-order valence-electron chi connectivity index (χ1n) is 10.9. The number of thioether (sulfide) groups is 1. The van der Waals surface area contributed by atoms with Crippen LogP contribution in [-0.4, -0.2) is 46.0 Å². The lowest BCUT2D eigenvalue weighted by molar-refractivity contribution is -0.140. The molecular formula is C24H34O4S. The second kappa shape index (κ2) is 11.2. The monoisotopic (exact) mass is 418 g/mol. The molecule has 1 aliphatic heterocycles. The molecule has 1 aromatic carbocycles. The SMILES string of the molecule is COC(=O)CCC[C@H]1CC[C@@H]2[C@@H](/C=C/[C@@H](O)CCc3ccccc3)[C@H](O)C[C@@H]2S1. The van der Waals surface area contributed by atoms with Crippen LogP contribution in [0.15, 0.2) is 42.5 Å². The minimum Gasteiger partial charge on any atom is -0.469 e. The highest BCUT2D eigenvalue weighted by Crippen LogP contribution is 2.49. The van der Waals surface area contributed by atoms with Gasteiger partial charge in [0.15, 0.2) is 0 Å². The van der Waals surface area contributed by atoms with E-state index < -0.39 is 6.10 Å². The fraction of sp³-hybridized carbons (Fsp3) is 0.625. The molecule has 0 spiro atoms. The van der Waals surface area contributed by atoms with Gasteiger partial charge in [-0.1, -0.05) is 42.5 Å². The van der Waals surface area contributed by atoms with Gasteiger partial charge in [0.25, 0.3) is 0 Å². The van der Waals surface area contributed by atoms with E-state index in [-0.39, 0.29) is 18.0 Å². The van der Waals surface area contributed by atoms with Crippen molar-refractivity contribution in [1.82, 2.24) is 0 Å². The number of fused-ring (bicyclic) bond motifs is 1. The Morgan fingerprint density at radius 2 is 2.10 bits per heavy atom.